The van der Waals surface area contributed by atoms with Crippen molar-refractivity contribution in [1.29, 1.82) is 0 Å². The van der Waals surface area contributed by atoms with Gasteiger partial charge in [-0.3, -0.25) is 0 Å². The van der Waals surface area contributed by atoms with Crippen molar-refractivity contribution in [2.24, 2.45) is 0 Å². The molecule has 0 atom stereocenters. The van der Waals surface area contributed by atoms with E-state index in [4.69, 9.17) is 9.47 Å². The molecule has 2 aliphatic heterocycles. The Morgan fingerprint density at radius 3 is 1.69 bits per heavy atom. The van der Waals surface area contributed by atoms with Gasteiger partial charge in [0.2, 0.25) is 0 Å². The number of aliphatic hydroxyl groups excluding tert-OH is 1. The number of hydrogen-bond acceptors (Lipinski definition) is 7. The highest BCUT2D eigenvalue weighted by molar-refractivity contribution is 5.77. The minimum atomic E-state index is -0.0255. The van der Waals surface area contributed by atoms with Crippen LogP contribution in [0.1, 0.15) is 24.0 Å². The zero-order chi connectivity index (χ0) is 24.9. The molecule has 0 spiro atoms. The largest absolute Gasteiger partial charge is 0.496 e. The quantitative estimate of drug-likeness (QED) is 0.449. The minimum Gasteiger partial charge on any atom is -0.496 e. The van der Waals surface area contributed by atoms with Crippen LogP contribution in [-0.4, -0.2) is 66.9 Å². The molecular weight excluding hydrogens is 454 g/mol. The van der Waals surface area contributed by atoms with E-state index in [-0.39, 0.29) is 6.61 Å². The van der Waals surface area contributed by atoms with Crippen LogP contribution in [0.4, 0.5) is 0 Å². The maximum absolute atomic E-state index is 9.86. The highest BCUT2D eigenvalue weighted by Crippen LogP contribution is 2.36. The van der Waals surface area contributed by atoms with Gasteiger partial charge in [-0.1, -0.05) is 36.4 Å². The zero-order valence-electron chi connectivity index (χ0n) is 20.9. The third-order valence-corrected chi connectivity index (χ3v) is 6.81. The third-order valence-electron chi connectivity index (χ3n) is 6.81. The maximum Gasteiger partial charge on any atom is 0.164 e. The van der Waals surface area contributed by atoms with Crippen LogP contribution in [0.2, 0.25) is 0 Å². The second-order valence-electron chi connectivity index (χ2n) is 8.92. The van der Waals surface area contributed by atoms with E-state index in [1.54, 1.807) is 14.2 Å². The van der Waals surface area contributed by atoms with Crippen LogP contribution in [0.3, 0.4) is 0 Å². The van der Waals surface area contributed by atoms with Gasteiger partial charge >= 0.3 is 0 Å². The van der Waals surface area contributed by atoms with Crippen LogP contribution in [-0.2, 0) is 6.54 Å². The van der Waals surface area contributed by atoms with Crippen molar-refractivity contribution in [1.82, 2.24) is 25.4 Å². The van der Waals surface area contributed by atoms with E-state index in [9.17, 15) is 5.11 Å². The molecule has 8 heteroatoms. The topological polar surface area (TPSA) is 93.5 Å². The van der Waals surface area contributed by atoms with Gasteiger partial charge < -0.3 is 29.8 Å². The molecule has 0 unspecified atom stereocenters. The number of methoxy groups -OCH3 is 2. The van der Waals surface area contributed by atoms with Crippen molar-refractivity contribution in [2.75, 3.05) is 47.0 Å². The fourth-order valence-electron chi connectivity index (χ4n) is 4.97. The molecule has 0 saturated carbocycles. The van der Waals surface area contributed by atoms with Gasteiger partial charge in [0, 0.05) is 41.9 Å². The van der Waals surface area contributed by atoms with Gasteiger partial charge in [-0.15, -0.1) is 10.2 Å². The Bertz CT molecular complexity index is 1200. The smallest absolute Gasteiger partial charge is 0.164 e. The van der Waals surface area contributed by atoms with Gasteiger partial charge in [-0.25, -0.2) is 0 Å². The lowest BCUT2D eigenvalue weighted by Gasteiger charge is -2.18. The Kier molecular flexibility index (Phi) is 7.46. The third kappa shape index (κ3) is 4.80. The molecule has 3 heterocycles. The molecule has 1 aromatic heterocycles. The van der Waals surface area contributed by atoms with Crippen LogP contribution in [0.25, 0.3) is 33.9 Å². The first-order valence-corrected chi connectivity index (χ1v) is 12.4. The molecule has 0 bridgehead atoms. The van der Waals surface area contributed by atoms with Crippen LogP contribution < -0.4 is 20.1 Å². The number of aliphatic hydroxyl groups is 1. The summed E-state index contributed by atoms with van der Waals surface area (Å²) in [5, 5.41) is 25.6. The molecule has 0 aliphatic carbocycles. The maximum atomic E-state index is 9.86. The van der Waals surface area contributed by atoms with Gasteiger partial charge in [0.15, 0.2) is 11.6 Å². The average Bonchev–Trinajstić information content (AvgIpc) is 3.37. The molecule has 188 valence electrons. The summed E-state index contributed by atoms with van der Waals surface area (Å²) >= 11 is 0. The van der Waals surface area contributed by atoms with E-state index in [0.717, 1.165) is 72.8 Å². The summed E-state index contributed by atoms with van der Waals surface area (Å²) in [6, 6.07) is 12.3. The van der Waals surface area contributed by atoms with Gasteiger partial charge in [0.1, 0.15) is 11.5 Å². The predicted molar refractivity (Wildman–Crippen MR) is 142 cm³/mol. The summed E-state index contributed by atoms with van der Waals surface area (Å²) < 4.78 is 13.5. The molecule has 2 aliphatic rings. The normalized spacial score (nSPS) is 15.9. The van der Waals surface area contributed by atoms with E-state index in [0.29, 0.717) is 18.2 Å². The summed E-state index contributed by atoms with van der Waals surface area (Å²) in [6.45, 7) is 4.00. The number of nitrogens with zero attached hydrogens (tertiary/aromatic N) is 3. The number of ether oxygens (including phenoxy) is 2. The van der Waals surface area contributed by atoms with E-state index < -0.39 is 0 Å². The van der Waals surface area contributed by atoms with Crippen LogP contribution >= 0.6 is 0 Å². The molecule has 0 amide bonds. The SMILES string of the molecule is COc1cc(-c2nnc(-c3ccc(C4=CCNCC4)c(OC)c3)n2CCO)ccc1C1=CCNCC1. The fraction of sp³-hybridized carbons (Fsp3) is 0.357. The zero-order valence-corrected chi connectivity index (χ0v) is 20.9. The number of hydrogen-bond donors (Lipinski definition) is 3. The summed E-state index contributed by atoms with van der Waals surface area (Å²) in [5.74, 6) is 2.99. The molecule has 0 fully saturated rings. The molecular formula is C28H33N5O3. The average molecular weight is 488 g/mol. The lowest BCUT2D eigenvalue weighted by atomic mass is 9.97. The van der Waals surface area contributed by atoms with Crippen LogP contribution in [0.15, 0.2) is 48.6 Å². The van der Waals surface area contributed by atoms with Crippen molar-refractivity contribution >= 4 is 11.1 Å². The molecule has 8 nitrogen and oxygen atoms in total. The van der Waals surface area contributed by atoms with E-state index in [2.05, 4.69) is 57.2 Å². The molecule has 3 aromatic rings. The Balaban J connectivity index is 1.53. The van der Waals surface area contributed by atoms with Gasteiger partial charge in [0.25, 0.3) is 0 Å². The summed E-state index contributed by atoms with van der Waals surface area (Å²) in [7, 11) is 3.39. The van der Waals surface area contributed by atoms with Crippen LogP contribution in [0.5, 0.6) is 11.5 Å². The number of benzene rings is 2. The first kappa shape index (κ1) is 24.2. The lowest BCUT2D eigenvalue weighted by molar-refractivity contribution is 0.277. The van der Waals surface area contributed by atoms with Gasteiger partial charge in [-0.05, 0) is 49.2 Å². The Morgan fingerprint density at radius 1 is 0.806 bits per heavy atom. The van der Waals surface area contributed by atoms with Crippen molar-refractivity contribution in [3.05, 3.63) is 59.7 Å². The Labute approximate surface area is 211 Å². The summed E-state index contributed by atoms with van der Waals surface area (Å²) in [5.41, 5.74) is 6.55. The molecule has 36 heavy (non-hydrogen) atoms. The Morgan fingerprint density at radius 2 is 1.31 bits per heavy atom. The van der Waals surface area contributed by atoms with Crippen molar-refractivity contribution in [3.8, 4) is 34.3 Å². The highest BCUT2D eigenvalue weighted by Gasteiger charge is 2.20. The highest BCUT2D eigenvalue weighted by atomic mass is 16.5. The standard InChI is InChI=1S/C28H33N5O3/c1-35-25-17-21(3-5-23(25)19-7-11-29-12-8-19)27-31-32-28(33(27)15-16-34)22-4-6-24(26(18-22)36-2)20-9-13-30-14-10-20/h3-7,9,17-18,29-30,34H,8,10-16H2,1-2H3. The molecule has 2 aromatic carbocycles. The monoisotopic (exact) mass is 487 g/mol. The summed E-state index contributed by atoms with van der Waals surface area (Å²) in [4.78, 5) is 0. The van der Waals surface area contributed by atoms with Crippen molar-refractivity contribution in [3.63, 3.8) is 0 Å². The van der Waals surface area contributed by atoms with Gasteiger partial charge in [-0.2, -0.15) is 0 Å². The molecule has 0 radical (unpaired) electrons. The minimum absolute atomic E-state index is 0.0255. The fourth-order valence-corrected chi connectivity index (χ4v) is 4.97. The lowest BCUT2D eigenvalue weighted by Crippen LogP contribution is -2.20. The second kappa shape index (κ2) is 11.1. The van der Waals surface area contributed by atoms with Gasteiger partial charge in [0.05, 0.1) is 20.8 Å². The molecule has 5 rings (SSSR count). The van der Waals surface area contributed by atoms with Crippen LogP contribution in [0, 0.1) is 0 Å². The molecule has 0 saturated heterocycles. The van der Waals surface area contributed by atoms with Crippen molar-refractivity contribution in [2.45, 2.75) is 19.4 Å². The number of rotatable bonds is 8. The van der Waals surface area contributed by atoms with E-state index >= 15 is 0 Å². The summed E-state index contributed by atoms with van der Waals surface area (Å²) in [6.07, 6.45) is 6.35. The number of aromatic nitrogens is 3. The van der Waals surface area contributed by atoms with Crippen molar-refractivity contribution < 1.29 is 14.6 Å². The molecule has 3 N–H and O–H groups in total. The second-order valence-corrected chi connectivity index (χ2v) is 8.92. The number of nitrogens with one attached hydrogen (secondary N) is 2. The van der Waals surface area contributed by atoms with E-state index in [1.807, 2.05) is 16.7 Å². The first-order valence-electron chi connectivity index (χ1n) is 12.4. The Hall–Kier alpha value is -3.46. The predicted octanol–water partition coefficient (Wildman–Crippen LogP) is 3.38. The van der Waals surface area contributed by atoms with E-state index in [1.165, 1.54) is 11.1 Å². The first-order chi connectivity index (χ1) is 17.7.